The Labute approximate surface area is 250 Å². The Morgan fingerprint density at radius 1 is 0.659 bits per heavy atom. The summed E-state index contributed by atoms with van der Waals surface area (Å²) in [6.07, 6.45) is 0. The van der Waals surface area contributed by atoms with Crippen molar-refractivity contribution in [2.75, 3.05) is 27.0 Å². The lowest BCUT2D eigenvalue weighted by atomic mass is 10.2. The van der Waals surface area contributed by atoms with Crippen LogP contribution in [0.1, 0.15) is 24.2 Å². The van der Waals surface area contributed by atoms with Crippen molar-refractivity contribution in [1.29, 1.82) is 0 Å². The summed E-state index contributed by atoms with van der Waals surface area (Å²) in [5.41, 5.74) is 0.848. The lowest BCUT2D eigenvalue weighted by Gasteiger charge is -2.23. The van der Waals surface area contributed by atoms with Gasteiger partial charge in [0.1, 0.15) is 0 Å². The lowest BCUT2D eigenvalue weighted by Crippen LogP contribution is -2.31. The van der Waals surface area contributed by atoms with E-state index >= 15 is 0 Å². The van der Waals surface area contributed by atoms with Gasteiger partial charge in [0, 0.05) is 13.1 Å². The van der Waals surface area contributed by atoms with Gasteiger partial charge in [-0.15, -0.1) is 0 Å². The second-order valence-corrected chi connectivity index (χ2v) is 13.3. The minimum absolute atomic E-state index is 0.00495. The van der Waals surface area contributed by atoms with Crippen molar-refractivity contribution in [2.45, 2.75) is 23.6 Å². The van der Waals surface area contributed by atoms with Crippen LogP contribution in [0.3, 0.4) is 0 Å². The first-order valence-electron chi connectivity index (χ1n) is 12.6. The molecule has 0 aromatic heterocycles. The number of benzene rings is 4. The molecule has 0 bridgehead atoms. The van der Waals surface area contributed by atoms with E-state index in [-0.39, 0.29) is 44.2 Å². The summed E-state index contributed by atoms with van der Waals surface area (Å²) in [6, 6.07) is 25.0. The van der Waals surface area contributed by atoms with E-state index in [1.165, 1.54) is 45.0 Å². The largest absolute Gasteiger partial charge is 0.321 e. The molecule has 0 spiro atoms. The zero-order valence-electron chi connectivity index (χ0n) is 22.2. The van der Waals surface area contributed by atoms with Gasteiger partial charge in [0.25, 0.3) is 26.0 Å². The number of amides is 1. The van der Waals surface area contributed by atoms with Gasteiger partial charge in [-0.1, -0.05) is 59.6 Å². The number of sulfonamides is 2. The third-order valence-electron chi connectivity index (χ3n) is 6.21. The van der Waals surface area contributed by atoms with Gasteiger partial charge >= 0.3 is 0 Å². The number of rotatable bonds is 10. The van der Waals surface area contributed by atoms with E-state index in [9.17, 15) is 21.6 Å². The number of halogens is 2. The van der Waals surface area contributed by atoms with Gasteiger partial charge in [-0.2, -0.15) is 0 Å². The molecule has 0 atom stereocenters. The Morgan fingerprint density at radius 2 is 1.10 bits per heavy atom. The fourth-order valence-corrected chi connectivity index (χ4v) is 7.58. The van der Waals surface area contributed by atoms with Crippen molar-refractivity contribution in [3.8, 4) is 0 Å². The molecule has 4 aromatic carbocycles. The molecule has 1 amide bonds. The molecule has 0 radical (unpaired) electrons. The summed E-state index contributed by atoms with van der Waals surface area (Å²) >= 11 is 12.6. The van der Waals surface area contributed by atoms with E-state index in [2.05, 4.69) is 5.32 Å². The van der Waals surface area contributed by atoms with Crippen molar-refractivity contribution in [2.24, 2.45) is 0 Å². The van der Waals surface area contributed by atoms with Crippen molar-refractivity contribution < 1.29 is 21.6 Å². The summed E-state index contributed by atoms with van der Waals surface area (Å²) in [7, 11) is -8.04. The number of carbonyl (C=O) groups excluding carboxylic acids is 1. The molecule has 12 heteroatoms. The lowest BCUT2D eigenvalue weighted by molar-refractivity contribution is 0.102. The highest BCUT2D eigenvalue weighted by Gasteiger charge is 2.27. The Balaban J connectivity index is 1.67. The Kier molecular flexibility index (Phi) is 9.28. The van der Waals surface area contributed by atoms with Gasteiger partial charge in [-0.3, -0.25) is 13.4 Å². The minimum atomic E-state index is -4.04. The van der Waals surface area contributed by atoms with Crippen LogP contribution in [-0.4, -0.2) is 35.8 Å². The molecule has 0 fully saturated rings. The maximum atomic E-state index is 13.5. The van der Waals surface area contributed by atoms with Gasteiger partial charge in [-0.25, -0.2) is 16.8 Å². The molecule has 0 unspecified atom stereocenters. The van der Waals surface area contributed by atoms with E-state index in [1.54, 1.807) is 74.5 Å². The number of nitrogens with one attached hydrogen (secondary N) is 1. The van der Waals surface area contributed by atoms with Crippen molar-refractivity contribution >= 4 is 66.2 Å². The van der Waals surface area contributed by atoms with E-state index in [1.807, 2.05) is 0 Å². The topological polar surface area (TPSA) is 104 Å². The smallest absolute Gasteiger partial charge is 0.264 e. The molecule has 214 valence electrons. The number of carbonyl (C=O) groups is 1. The zero-order valence-corrected chi connectivity index (χ0v) is 25.3. The third-order valence-corrected chi connectivity index (χ3v) is 10.7. The monoisotopic (exact) mass is 631 g/mol. The predicted octanol–water partition coefficient (Wildman–Crippen LogP) is 6.68. The average molecular weight is 633 g/mol. The summed E-state index contributed by atoms with van der Waals surface area (Å²) in [5.74, 6) is -0.762. The van der Waals surface area contributed by atoms with Gasteiger partial charge in [0.2, 0.25) is 0 Å². The summed E-state index contributed by atoms with van der Waals surface area (Å²) in [5, 5.41) is 2.67. The fraction of sp³-hybridized carbons (Fsp3) is 0.138. The predicted molar refractivity (Wildman–Crippen MR) is 164 cm³/mol. The van der Waals surface area contributed by atoms with Crippen molar-refractivity contribution in [1.82, 2.24) is 0 Å². The standard InChI is InChI=1S/C29H27Cl2N3O5S2/c1-3-33(21-11-7-5-8-12-21)40(36,37)23-15-17-26(30)25(19-23)29(35)32-28-20-24(16-18-27(28)31)41(38,39)34(4-2)22-13-9-6-10-14-22/h5-20H,3-4H2,1-2H3,(H,32,35). The fourth-order valence-electron chi connectivity index (χ4n) is 4.21. The maximum absolute atomic E-state index is 13.5. The molecule has 4 rings (SSSR count). The maximum Gasteiger partial charge on any atom is 0.264 e. The molecule has 1 N–H and O–H groups in total. The minimum Gasteiger partial charge on any atom is -0.321 e. The molecule has 0 saturated heterocycles. The van der Waals surface area contributed by atoms with Gasteiger partial charge < -0.3 is 5.32 Å². The summed E-state index contributed by atoms with van der Waals surface area (Å²) < 4.78 is 56.4. The Bertz CT molecular complexity index is 1770. The number of hydrogen-bond acceptors (Lipinski definition) is 5. The van der Waals surface area contributed by atoms with Crippen LogP contribution < -0.4 is 13.9 Å². The second kappa shape index (κ2) is 12.5. The Hall–Kier alpha value is -3.57. The van der Waals surface area contributed by atoms with Crippen LogP contribution in [0.2, 0.25) is 10.0 Å². The van der Waals surface area contributed by atoms with Crippen molar-refractivity contribution in [3.05, 3.63) is 113 Å². The molecule has 4 aromatic rings. The first kappa shape index (κ1) is 30.4. The third kappa shape index (κ3) is 6.36. The highest BCUT2D eigenvalue weighted by atomic mass is 35.5. The first-order chi connectivity index (χ1) is 19.5. The zero-order chi connectivity index (χ0) is 29.8. The highest BCUT2D eigenvalue weighted by molar-refractivity contribution is 7.93. The number of anilines is 3. The average Bonchev–Trinajstić information content (AvgIpc) is 2.96. The normalized spacial score (nSPS) is 11.6. The highest BCUT2D eigenvalue weighted by Crippen LogP contribution is 2.31. The SMILES string of the molecule is CCN(c1ccccc1)S(=O)(=O)c1ccc(Cl)c(NC(=O)c2cc(S(=O)(=O)N(CC)c3ccccc3)ccc2Cl)c1. The molecule has 8 nitrogen and oxygen atoms in total. The van der Waals surface area contributed by atoms with E-state index in [4.69, 9.17) is 23.2 Å². The summed E-state index contributed by atoms with van der Waals surface area (Å²) in [6.45, 7) is 3.74. The van der Waals surface area contributed by atoms with E-state index in [0.717, 1.165) is 0 Å². The van der Waals surface area contributed by atoms with Crippen LogP contribution in [0.4, 0.5) is 17.1 Å². The molecular formula is C29H27Cl2N3O5S2. The first-order valence-corrected chi connectivity index (χ1v) is 16.2. The van der Waals surface area contributed by atoms with Crippen LogP contribution in [0.15, 0.2) is 107 Å². The Morgan fingerprint density at radius 3 is 1.56 bits per heavy atom. The molecular weight excluding hydrogens is 605 g/mol. The molecule has 0 saturated carbocycles. The van der Waals surface area contributed by atoms with Gasteiger partial charge in [0.05, 0.1) is 42.5 Å². The van der Waals surface area contributed by atoms with Gasteiger partial charge in [-0.05, 0) is 74.5 Å². The van der Waals surface area contributed by atoms with Gasteiger partial charge in [0.15, 0.2) is 0 Å². The van der Waals surface area contributed by atoms with Crippen LogP contribution in [-0.2, 0) is 20.0 Å². The molecule has 41 heavy (non-hydrogen) atoms. The van der Waals surface area contributed by atoms with Crippen LogP contribution in [0, 0.1) is 0 Å². The quantitative estimate of drug-likeness (QED) is 0.210. The van der Waals surface area contributed by atoms with Crippen LogP contribution in [0.5, 0.6) is 0 Å². The molecule has 0 aliphatic rings. The molecule has 0 aliphatic carbocycles. The second-order valence-electron chi connectivity index (χ2n) is 8.75. The summed E-state index contributed by atoms with van der Waals surface area (Å²) in [4.78, 5) is 13.1. The van der Waals surface area contributed by atoms with Crippen LogP contribution in [0.25, 0.3) is 0 Å². The van der Waals surface area contributed by atoms with E-state index in [0.29, 0.717) is 11.4 Å². The van der Waals surface area contributed by atoms with E-state index < -0.39 is 26.0 Å². The number of nitrogens with zero attached hydrogens (tertiary/aromatic N) is 2. The number of hydrogen-bond donors (Lipinski definition) is 1. The van der Waals surface area contributed by atoms with Crippen LogP contribution >= 0.6 is 23.2 Å². The van der Waals surface area contributed by atoms with Crippen molar-refractivity contribution in [3.63, 3.8) is 0 Å². The molecule has 0 aliphatic heterocycles. The molecule has 0 heterocycles. The number of para-hydroxylation sites is 2.